The van der Waals surface area contributed by atoms with Crippen LogP contribution in [-0.4, -0.2) is 47.6 Å². The number of amides is 1. The number of aliphatic carboxylic acids is 1. The normalized spacial score (nSPS) is 11.3. The van der Waals surface area contributed by atoms with Crippen molar-refractivity contribution in [2.75, 3.05) is 19.6 Å². The van der Waals surface area contributed by atoms with Crippen LogP contribution in [0.25, 0.3) is 0 Å². The van der Waals surface area contributed by atoms with E-state index in [1.54, 1.807) is 0 Å². The molecule has 0 bridgehead atoms. The molecule has 18 heavy (non-hydrogen) atoms. The summed E-state index contributed by atoms with van der Waals surface area (Å²) in [7, 11) is 0. The van der Waals surface area contributed by atoms with E-state index in [1.807, 2.05) is 0 Å². The van der Waals surface area contributed by atoms with Crippen LogP contribution in [-0.2, 0) is 9.59 Å². The number of carboxylic acid groups (broad SMARTS) is 1. The molecule has 5 nitrogen and oxygen atoms in total. The quantitative estimate of drug-likeness (QED) is 0.654. The second-order valence-corrected chi connectivity index (χ2v) is 4.96. The monoisotopic (exact) mass is 258 g/mol. The highest BCUT2D eigenvalue weighted by molar-refractivity contribution is 5.82. The van der Waals surface area contributed by atoms with Gasteiger partial charge in [-0.1, -0.05) is 27.7 Å². The molecule has 0 fully saturated rings. The van der Waals surface area contributed by atoms with Crippen molar-refractivity contribution in [2.45, 2.75) is 46.6 Å². The molecule has 0 aromatic carbocycles. The fraction of sp³-hybridized carbons (Fsp3) is 0.846. The highest BCUT2D eigenvalue weighted by atomic mass is 16.4. The van der Waals surface area contributed by atoms with Crippen molar-refractivity contribution in [3.05, 3.63) is 0 Å². The van der Waals surface area contributed by atoms with E-state index in [-0.39, 0.29) is 19.0 Å². The summed E-state index contributed by atoms with van der Waals surface area (Å²) in [6.45, 7) is 9.27. The Morgan fingerprint density at radius 1 is 1.22 bits per heavy atom. The lowest BCUT2D eigenvalue weighted by atomic mass is 10.1. The Hall–Kier alpha value is -1.10. The minimum Gasteiger partial charge on any atom is -0.480 e. The summed E-state index contributed by atoms with van der Waals surface area (Å²) in [4.78, 5) is 24.2. The average Bonchev–Trinajstić information content (AvgIpc) is 2.27. The lowest BCUT2D eigenvalue weighted by Gasteiger charge is -2.31. The zero-order chi connectivity index (χ0) is 14.1. The zero-order valence-corrected chi connectivity index (χ0v) is 11.9. The first-order valence-corrected chi connectivity index (χ1v) is 6.63. The number of carbonyl (C=O) groups excluding carboxylic acids is 1. The molecule has 0 saturated carbocycles. The molecule has 0 aromatic heterocycles. The van der Waals surface area contributed by atoms with Crippen molar-refractivity contribution >= 4 is 11.9 Å². The number of carboxylic acids is 1. The maximum absolute atomic E-state index is 11.7. The summed E-state index contributed by atoms with van der Waals surface area (Å²) in [5.74, 6) is -0.746. The molecule has 0 rings (SSSR count). The molecule has 0 aliphatic heterocycles. The Balaban J connectivity index is 4.38. The van der Waals surface area contributed by atoms with Crippen LogP contribution < -0.4 is 5.32 Å². The summed E-state index contributed by atoms with van der Waals surface area (Å²) in [6, 6.07) is 0.378. The highest BCUT2D eigenvalue weighted by Gasteiger charge is 2.19. The number of carbonyl (C=O) groups is 2. The van der Waals surface area contributed by atoms with Gasteiger partial charge in [-0.3, -0.25) is 14.5 Å². The van der Waals surface area contributed by atoms with Crippen molar-refractivity contribution < 1.29 is 14.7 Å². The molecule has 5 heteroatoms. The molecule has 0 atom stereocenters. The van der Waals surface area contributed by atoms with Gasteiger partial charge < -0.3 is 10.4 Å². The van der Waals surface area contributed by atoms with Gasteiger partial charge in [0.25, 0.3) is 0 Å². The van der Waals surface area contributed by atoms with Crippen LogP contribution in [0.5, 0.6) is 0 Å². The van der Waals surface area contributed by atoms with Crippen molar-refractivity contribution in [3.8, 4) is 0 Å². The summed E-state index contributed by atoms with van der Waals surface area (Å²) in [6.07, 6.45) is 1.99. The van der Waals surface area contributed by atoms with Crippen LogP contribution >= 0.6 is 0 Å². The van der Waals surface area contributed by atoms with E-state index in [1.165, 1.54) is 0 Å². The molecule has 0 heterocycles. The minimum atomic E-state index is -1.01. The van der Waals surface area contributed by atoms with Gasteiger partial charge in [0, 0.05) is 12.6 Å². The van der Waals surface area contributed by atoms with E-state index in [2.05, 4.69) is 37.9 Å². The average molecular weight is 258 g/mol. The first-order chi connectivity index (χ1) is 8.40. The van der Waals surface area contributed by atoms with Gasteiger partial charge in [0.2, 0.25) is 5.91 Å². The van der Waals surface area contributed by atoms with E-state index in [0.717, 1.165) is 19.4 Å². The van der Waals surface area contributed by atoms with E-state index < -0.39 is 5.97 Å². The summed E-state index contributed by atoms with van der Waals surface area (Å²) >= 11 is 0. The number of nitrogens with one attached hydrogen (secondary N) is 1. The largest absolute Gasteiger partial charge is 0.480 e. The van der Waals surface area contributed by atoms with E-state index in [0.29, 0.717) is 12.0 Å². The van der Waals surface area contributed by atoms with Crippen molar-refractivity contribution in [3.63, 3.8) is 0 Å². The van der Waals surface area contributed by atoms with Crippen LogP contribution in [0.4, 0.5) is 0 Å². The van der Waals surface area contributed by atoms with E-state index >= 15 is 0 Å². The molecule has 0 aliphatic rings. The first-order valence-electron chi connectivity index (χ1n) is 6.63. The third-order valence-electron chi connectivity index (χ3n) is 2.84. The van der Waals surface area contributed by atoms with Crippen LogP contribution in [0.3, 0.4) is 0 Å². The van der Waals surface area contributed by atoms with Crippen molar-refractivity contribution in [1.29, 1.82) is 0 Å². The number of nitrogens with zero attached hydrogens (tertiary/aromatic N) is 1. The minimum absolute atomic E-state index is 0.218. The van der Waals surface area contributed by atoms with E-state index in [4.69, 9.17) is 5.11 Å². The molecule has 0 saturated heterocycles. The van der Waals surface area contributed by atoms with Gasteiger partial charge in [-0.25, -0.2) is 0 Å². The summed E-state index contributed by atoms with van der Waals surface area (Å²) in [5.41, 5.74) is 0. The Kier molecular flexibility index (Phi) is 8.37. The second kappa shape index (κ2) is 8.91. The predicted molar refractivity (Wildman–Crippen MR) is 71.4 cm³/mol. The maximum atomic E-state index is 11.7. The number of hydrogen-bond donors (Lipinski definition) is 2. The van der Waals surface area contributed by atoms with Crippen LogP contribution in [0.15, 0.2) is 0 Å². The molecular formula is C13H26N2O3. The first kappa shape index (κ1) is 16.9. The third-order valence-corrected chi connectivity index (χ3v) is 2.84. The maximum Gasteiger partial charge on any atom is 0.322 e. The number of hydrogen-bond acceptors (Lipinski definition) is 3. The SMILES string of the molecule is CCC(CC)N(CC(=O)NCC(=O)O)CC(C)C. The molecule has 0 spiro atoms. The second-order valence-electron chi connectivity index (χ2n) is 4.96. The van der Waals surface area contributed by atoms with Gasteiger partial charge >= 0.3 is 5.97 Å². The van der Waals surface area contributed by atoms with Gasteiger partial charge in [-0.05, 0) is 18.8 Å². The van der Waals surface area contributed by atoms with Crippen molar-refractivity contribution in [1.82, 2.24) is 10.2 Å². The smallest absolute Gasteiger partial charge is 0.322 e. The molecule has 0 radical (unpaired) electrons. The lowest BCUT2D eigenvalue weighted by molar-refractivity contribution is -0.138. The molecule has 0 unspecified atom stereocenters. The Bertz CT molecular complexity index is 263. The highest BCUT2D eigenvalue weighted by Crippen LogP contribution is 2.10. The predicted octanol–water partition coefficient (Wildman–Crippen LogP) is 1.33. The van der Waals surface area contributed by atoms with Crippen LogP contribution in [0.1, 0.15) is 40.5 Å². The lowest BCUT2D eigenvalue weighted by Crippen LogP contribution is -2.45. The standard InChI is InChI=1S/C13H26N2O3/c1-5-11(6-2)15(8-10(3)4)9-12(16)14-7-13(17)18/h10-11H,5-9H2,1-4H3,(H,14,16)(H,17,18). The summed E-state index contributed by atoms with van der Waals surface area (Å²) in [5, 5.41) is 10.9. The van der Waals surface area contributed by atoms with Crippen molar-refractivity contribution in [2.24, 2.45) is 5.92 Å². The molecule has 1 amide bonds. The molecule has 0 aromatic rings. The Morgan fingerprint density at radius 2 is 1.78 bits per heavy atom. The molecule has 2 N–H and O–H groups in total. The topological polar surface area (TPSA) is 69.6 Å². The molecule has 0 aliphatic carbocycles. The van der Waals surface area contributed by atoms with Crippen LogP contribution in [0, 0.1) is 5.92 Å². The van der Waals surface area contributed by atoms with Gasteiger partial charge in [0.1, 0.15) is 6.54 Å². The third kappa shape index (κ3) is 7.27. The summed E-state index contributed by atoms with van der Waals surface area (Å²) < 4.78 is 0. The van der Waals surface area contributed by atoms with E-state index in [9.17, 15) is 9.59 Å². The zero-order valence-electron chi connectivity index (χ0n) is 11.9. The van der Waals surface area contributed by atoms with Gasteiger partial charge in [0.05, 0.1) is 6.54 Å². The van der Waals surface area contributed by atoms with Crippen LogP contribution in [0.2, 0.25) is 0 Å². The molecular weight excluding hydrogens is 232 g/mol. The van der Waals surface area contributed by atoms with Gasteiger partial charge in [-0.15, -0.1) is 0 Å². The Morgan fingerprint density at radius 3 is 2.17 bits per heavy atom. The van der Waals surface area contributed by atoms with Gasteiger partial charge in [-0.2, -0.15) is 0 Å². The van der Waals surface area contributed by atoms with Gasteiger partial charge in [0.15, 0.2) is 0 Å². The fourth-order valence-corrected chi connectivity index (χ4v) is 2.03. The number of rotatable bonds is 9. The fourth-order valence-electron chi connectivity index (χ4n) is 2.03. The molecule has 106 valence electrons. The Labute approximate surface area is 110 Å².